The smallest absolute Gasteiger partial charge is 0.223 e. The lowest BCUT2D eigenvalue weighted by atomic mass is 10.1. The SMILES string of the molecule is O=C(CCc1ccccc1)N1Cc2cncnc2C1. The summed E-state index contributed by atoms with van der Waals surface area (Å²) in [4.78, 5) is 22.2. The van der Waals surface area contributed by atoms with E-state index in [1.54, 1.807) is 6.20 Å². The monoisotopic (exact) mass is 253 g/mol. The van der Waals surface area contributed by atoms with Crippen LogP contribution in [0.5, 0.6) is 0 Å². The van der Waals surface area contributed by atoms with Crippen molar-refractivity contribution in [1.82, 2.24) is 14.9 Å². The van der Waals surface area contributed by atoms with Crippen LogP contribution in [0.15, 0.2) is 42.9 Å². The largest absolute Gasteiger partial charge is 0.332 e. The third kappa shape index (κ3) is 2.62. The molecule has 1 aliphatic rings. The third-order valence-corrected chi connectivity index (χ3v) is 3.41. The maximum absolute atomic E-state index is 12.2. The van der Waals surface area contributed by atoms with Crippen molar-refractivity contribution in [3.63, 3.8) is 0 Å². The summed E-state index contributed by atoms with van der Waals surface area (Å²) in [5, 5.41) is 0. The van der Waals surface area contributed by atoms with Gasteiger partial charge in [-0.3, -0.25) is 4.79 Å². The molecule has 0 atom stereocenters. The van der Waals surface area contributed by atoms with Crippen LogP contribution < -0.4 is 0 Å². The number of nitrogens with zero attached hydrogens (tertiary/aromatic N) is 3. The van der Waals surface area contributed by atoms with Crippen LogP contribution in [0.25, 0.3) is 0 Å². The molecule has 0 saturated heterocycles. The maximum atomic E-state index is 12.2. The van der Waals surface area contributed by atoms with E-state index in [1.807, 2.05) is 23.1 Å². The Balaban J connectivity index is 1.58. The zero-order valence-electron chi connectivity index (χ0n) is 10.6. The molecule has 0 unspecified atom stereocenters. The van der Waals surface area contributed by atoms with Crippen LogP contribution in [0.1, 0.15) is 23.2 Å². The molecule has 1 aliphatic heterocycles. The van der Waals surface area contributed by atoms with Gasteiger partial charge in [-0.25, -0.2) is 9.97 Å². The number of benzene rings is 1. The van der Waals surface area contributed by atoms with Crippen molar-refractivity contribution in [2.75, 3.05) is 0 Å². The van der Waals surface area contributed by atoms with Gasteiger partial charge in [-0.1, -0.05) is 30.3 Å². The summed E-state index contributed by atoms with van der Waals surface area (Å²) in [5.41, 5.74) is 3.24. The summed E-state index contributed by atoms with van der Waals surface area (Å²) in [6.45, 7) is 1.26. The number of aryl methyl sites for hydroxylation is 1. The van der Waals surface area contributed by atoms with Crippen LogP contribution in [0.2, 0.25) is 0 Å². The van der Waals surface area contributed by atoms with Crippen LogP contribution in [-0.2, 0) is 24.3 Å². The Bertz CT molecular complexity index is 558. The molecule has 0 bridgehead atoms. The summed E-state index contributed by atoms with van der Waals surface area (Å²) in [5.74, 6) is 0.182. The first-order chi connectivity index (χ1) is 9.33. The fraction of sp³-hybridized carbons (Fsp3) is 0.267. The Morgan fingerprint density at radius 1 is 1.21 bits per heavy atom. The molecule has 19 heavy (non-hydrogen) atoms. The van der Waals surface area contributed by atoms with Crippen molar-refractivity contribution in [2.45, 2.75) is 25.9 Å². The molecule has 4 nitrogen and oxygen atoms in total. The van der Waals surface area contributed by atoms with Gasteiger partial charge in [0.2, 0.25) is 5.91 Å². The number of carbonyl (C=O) groups is 1. The summed E-state index contributed by atoms with van der Waals surface area (Å²) >= 11 is 0. The second-order valence-corrected chi connectivity index (χ2v) is 4.73. The van der Waals surface area contributed by atoms with Gasteiger partial charge in [0.15, 0.2) is 0 Å². The van der Waals surface area contributed by atoms with Gasteiger partial charge < -0.3 is 4.90 Å². The molecule has 4 heteroatoms. The van der Waals surface area contributed by atoms with Gasteiger partial charge in [-0.15, -0.1) is 0 Å². The summed E-state index contributed by atoms with van der Waals surface area (Å²) < 4.78 is 0. The maximum Gasteiger partial charge on any atom is 0.223 e. The Labute approximate surface area is 112 Å². The van der Waals surface area contributed by atoms with Crippen LogP contribution in [0.3, 0.4) is 0 Å². The molecule has 0 saturated carbocycles. The normalized spacial score (nSPS) is 13.4. The zero-order chi connectivity index (χ0) is 13.1. The van der Waals surface area contributed by atoms with Crippen LogP contribution in [-0.4, -0.2) is 20.8 Å². The van der Waals surface area contributed by atoms with E-state index in [1.165, 1.54) is 11.9 Å². The second kappa shape index (κ2) is 5.18. The number of hydrogen-bond donors (Lipinski definition) is 0. The van der Waals surface area contributed by atoms with Gasteiger partial charge in [-0.05, 0) is 12.0 Å². The molecular weight excluding hydrogens is 238 g/mol. The molecule has 2 aromatic rings. The second-order valence-electron chi connectivity index (χ2n) is 4.73. The minimum Gasteiger partial charge on any atom is -0.332 e. The number of fused-ring (bicyclic) bond motifs is 1. The van der Waals surface area contributed by atoms with E-state index >= 15 is 0 Å². The Kier molecular flexibility index (Phi) is 3.23. The molecule has 96 valence electrons. The van der Waals surface area contributed by atoms with E-state index in [9.17, 15) is 4.79 Å². The van der Waals surface area contributed by atoms with Crippen molar-refractivity contribution < 1.29 is 4.79 Å². The molecule has 1 amide bonds. The van der Waals surface area contributed by atoms with Crippen LogP contribution in [0.4, 0.5) is 0 Å². The molecule has 1 aromatic carbocycles. The van der Waals surface area contributed by atoms with Crippen molar-refractivity contribution >= 4 is 5.91 Å². The molecule has 0 radical (unpaired) electrons. The van der Waals surface area contributed by atoms with E-state index in [-0.39, 0.29) is 5.91 Å². The standard InChI is InChI=1S/C15H15N3O/c19-15(7-6-12-4-2-1-3-5-12)18-9-13-8-16-11-17-14(13)10-18/h1-5,8,11H,6-7,9-10H2. The summed E-state index contributed by atoms with van der Waals surface area (Å²) in [6.07, 6.45) is 4.67. The molecule has 0 N–H and O–H groups in total. The van der Waals surface area contributed by atoms with Gasteiger partial charge >= 0.3 is 0 Å². The van der Waals surface area contributed by atoms with Gasteiger partial charge in [0.1, 0.15) is 6.33 Å². The first kappa shape index (κ1) is 11.8. The lowest BCUT2D eigenvalue weighted by Gasteiger charge is -2.14. The highest BCUT2D eigenvalue weighted by Gasteiger charge is 2.23. The number of carbonyl (C=O) groups excluding carboxylic acids is 1. The van der Waals surface area contributed by atoms with Gasteiger partial charge in [-0.2, -0.15) is 0 Å². The first-order valence-electron chi connectivity index (χ1n) is 6.42. The van der Waals surface area contributed by atoms with Crippen molar-refractivity contribution in [2.24, 2.45) is 0 Å². The summed E-state index contributed by atoms with van der Waals surface area (Å²) in [7, 11) is 0. The predicted octanol–water partition coefficient (Wildman–Crippen LogP) is 1.95. The molecule has 0 fully saturated rings. The van der Waals surface area contributed by atoms with Crippen molar-refractivity contribution in [3.8, 4) is 0 Å². The molecule has 2 heterocycles. The van der Waals surface area contributed by atoms with Crippen LogP contribution >= 0.6 is 0 Å². The quantitative estimate of drug-likeness (QED) is 0.840. The van der Waals surface area contributed by atoms with E-state index in [4.69, 9.17) is 0 Å². The predicted molar refractivity (Wildman–Crippen MR) is 71.0 cm³/mol. The first-order valence-corrected chi connectivity index (χ1v) is 6.42. The van der Waals surface area contributed by atoms with Gasteiger partial charge in [0, 0.05) is 24.7 Å². The number of rotatable bonds is 3. The van der Waals surface area contributed by atoms with Gasteiger partial charge in [0.25, 0.3) is 0 Å². The fourth-order valence-electron chi connectivity index (χ4n) is 2.33. The average molecular weight is 253 g/mol. The molecule has 3 rings (SSSR count). The minimum absolute atomic E-state index is 0.182. The topological polar surface area (TPSA) is 46.1 Å². The Hall–Kier alpha value is -2.23. The van der Waals surface area contributed by atoms with E-state index in [0.29, 0.717) is 19.5 Å². The van der Waals surface area contributed by atoms with Crippen LogP contribution in [0, 0.1) is 0 Å². The van der Waals surface area contributed by atoms with Crippen molar-refractivity contribution in [1.29, 1.82) is 0 Å². The zero-order valence-corrected chi connectivity index (χ0v) is 10.6. The Morgan fingerprint density at radius 3 is 2.84 bits per heavy atom. The summed E-state index contributed by atoms with van der Waals surface area (Å²) in [6, 6.07) is 10.1. The fourth-order valence-corrected chi connectivity index (χ4v) is 2.33. The number of amides is 1. The molecule has 0 spiro atoms. The minimum atomic E-state index is 0.182. The van der Waals surface area contributed by atoms with Gasteiger partial charge in [0.05, 0.1) is 12.2 Å². The van der Waals surface area contributed by atoms with E-state index in [2.05, 4.69) is 22.1 Å². The van der Waals surface area contributed by atoms with E-state index in [0.717, 1.165) is 17.7 Å². The number of hydrogen-bond acceptors (Lipinski definition) is 3. The molecule has 1 aromatic heterocycles. The average Bonchev–Trinajstić information content (AvgIpc) is 2.90. The third-order valence-electron chi connectivity index (χ3n) is 3.41. The lowest BCUT2D eigenvalue weighted by molar-refractivity contribution is -0.131. The molecule has 0 aliphatic carbocycles. The highest BCUT2D eigenvalue weighted by Crippen LogP contribution is 2.20. The highest BCUT2D eigenvalue weighted by molar-refractivity contribution is 5.77. The van der Waals surface area contributed by atoms with Crippen molar-refractivity contribution in [3.05, 3.63) is 59.7 Å². The molecular formula is C15H15N3O. The number of aromatic nitrogens is 2. The Morgan fingerprint density at radius 2 is 2.05 bits per heavy atom. The highest BCUT2D eigenvalue weighted by atomic mass is 16.2. The van der Waals surface area contributed by atoms with E-state index < -0.39 is 0 Å². The lowest BCUT2D eigenvalue weighted by Crippen LogP contribution is -2.25.